The number of nitrogens with two attached hydrogens (primary N) is 1. The first kappa shape index (κ1) is 13.8. The van der Waals surface area contributed by atoms with E-state index in [0.29, 0.717) is 11.3 Å². The summed E-state index contributed by atoms with van der Waals surface area (Å²) in [6, 6.07) is 4.30. The van der Waals surface area contributed by atoms with Gasteiger partial charge in [-0.05, 0) is 6.07 Å². The molecule has 3 nitrogen and oxygen atoms in total. The number of alkyl halides is 3. The number of aliphatic hydroxyl groups excluding tert-OH is 1. The maximum Gasteiger partial charge on any atom is 0.403 e. The molecule has 0 unspecified atom stereocenters. The van der Waals surface area contributed by atoms with E-state index in [1.165, 1.54) is 13.2 Å². The lowest BCUT2D eigenvalue weighted by Crippen LogP contribution is -2.38. The van der Waals surface area contributed by atoms with Crippen molar-refractivity contribution >= 4 is 0 Å². The van der Waals surface area contributed by atoms with Crippen LogP contribution in [-0.4, -0.2) is 24.4 Å². The van der Waals surface area contributed by atoms with Gasteiger partial charge in [0.05, 0.1) is 13.2 Å². The van der Waals surface area contributed by atoms with E-state index in [1.807, 2.05) is 0 Å². The maximum absolute atomic E-state index is 12.2. The van der Waals surface area contributed by atoms with Crippen LogP contribution in [0.5, 0.6) is 5.75 Å². The fraction of sp³-hybridized carbons (Fsp3) is 0.455. The van der Waals surface area contributed by atoms with Gasteiger partial charge in [-0.25, -0.2) is 0 Å². The minimum absolute atomic E-state index is 0.301. The Bertz CT molecular complexity index is 368. The lowest BCUT2D eigenvalue weighted by atomic mass is 10.0. The summed E-state index contributed by atoms with van der Waals surface area (Å²) in [5, 5.41) is 9.71. The third kappa shape index (κ3) is 3.61. The smallest absolute Gasteiger partial charge is 0.403 e. The zero-order chi connectivity index (χ0) is 13.1. The van der Waals surface area contributed by atoms with Gasteiger partial charge in [-0.1, -0.05) is 18.2 Å². The van der Waals surface area contributed by atoms with Gasteiger partial charge < -0.3 is 15.6 Å². The van der Waals surface area contributed by atoms with Crippen LogP contribution in [0.2, 0.25) is 0 Å². The summed E-state index contributed by atoms with van der Waals surface area (Å²) in [4.78, 5) is 0. The quantitative estimate of drug-likeness (QED) is 0.858. The average molecular weight is 249 g/mol. The third-order valence-corrected chi connectivity index (χ3v) is 2.40. The topological polar surface area (TPSA) is 55.5 Å². The summed E-state index contributed by atoms with van der Waals surface area (Å²) in [5.41, 5.74) is 5.26. The molecule has 0 radical (unpaired) electrons. The van der Waals surface area contributed by atoms with Gasteiger partial charge in [-0.3, -0.25) is 0 Å². The SMILES string of the molecule is COc1ccccc1[C@H](O)C[C@@H](N)C(F)(F)F. The van der Waals surface area contributed by atoms with Crippen molar-refractivity contribution in [2.45, 2.75) is 24.7 Å². The Balaban J connectivity index is 2.79. The van der Waals surface area contributed by atoms with Crippen LogP contribution in [0, 0.1) is 0 Å². The van der Waals surface area contributed by atoms with E-state index in [4.69, 9.17) is 10.5 Å². The Kier molecular flexibility index (Phi) is 4.36. The van der Waals surface area contributed by atoms with Crippen LogP contribution in [0.3, 0.4) is 0 Å². The molecule has 0 aliphatic carbocycles. The fourth-order valence-electron chi connectivity index (χ4n) is 1.44. The van der Waals surface area contributed by atoms with E-state index >= 15 is 0 Å². The van der Waals surface area contributed by atoms with Crippen LogP contribution in [0.15, 0.2) is 24.3 Å². The van der Waals surface area contributed by atoms with Gasteiger partial charge >= 0.3 is 6.18 Å². The molecule has 0 heterocycles. The molecule has 17 heavy (non-hydrogen) atoms. The Morgan fingerprint density at radius 1 is 1.35 bits per heavy atom. The highest BCUT2D eigenvalue weighted by atomic mass is 19.4. The summed E-state index contributed by atoms with van der Waals surface area (Å²) in [5.74, 6) is 0.342. The second kappa shape index (κ2) is 5.37. The van der Waals surface area contributed by atoms with E-state index in [9.17, 15) is 18.3 Å². The van der Waals surface area contributed by atoms with E-state index in [-0.39, 0.29) is 0 Å². The van der Waals surface area contributed by atoms with Crippen molar-refractivity contribution in [3.05, 3.63) is 29.8 Å². The maximum atomic E-state index is 12.2. The molecule has 96 valence electrons. The lowest BCUT2D eigenvalue weighted by molar-refractivity contribution is -0.153. The average Bonchev–Trinajstić information content (AvgIpc) is 2.27. The Morgan fingerprint density at radius 2 is 1.94 bits per heavy atom. The number of aliphatic hydroxyl groups is 1. The summed E-state index contributed by atoms with van der Waals surface area (Å²) < 4.78 is 41.7. The van der Waals surface area contributed by atoms with Crippen LogP contribution in [-0.2, 0) is 0 Å². The first-order valence-electron chi connectivity index (χ1n) is 4.99. The molecule has 6 heteroatoms. The molecule has 1 aromatic rings. The molecule has 0 aliphatic rings. The van der Waals surface area contributed by atoms with E-state index in [0.717, 1.165) is 0 Å². The van der Waals surface area contributed by atoms with Crippen LogP contribution < -0.4 is 10.5 Å². The van der Waals surface area contributed by atoms with Crippen molar-refractivity contribution in [2.75, 3.05) is 7.11 Å². The molecule has 0 saturated carbocycles. The van der Waals surface area contributed by atoms with Crippen LogP contribution >= 0.6 is 0 Å². The number of halogens is 3. The fourth-order valence-corrected chi connectivity index (χ4v) is 1.44. The van der Waals surface area contributed by atoms with Crippen molar-refractivity contribution in [1.82, 2.24) is 0 Å². The monoisotopic (exact) mass is 249 g/mol. The number of hydrogen-bond donors (Lipinski definition) is 2. The van der Waals surface area contributed by atoms with E-state index in [1.54, 1.807) is 18.2 Å². The number of methoxy groups -OCH3 is 1. The van der Waals surface area contributed by atoms with Crippen LogP contribution in [0.1, 0.15) is 18.1 Å². The highest BCUT2D eigenvalue weighted by Gasteiger charge is 2.38. The van der Waals surface area contributed by atoms with E-state index in [2.05, 4.69) is 0 Å². The van der Waals surface area contributed by atoms with Crippen molar-refractivity contribution in [1.29, 1.82) is 0 Å². The minimum Gasteiger partial charge on any atom is -0.496 e. The van der Waals surface area contributed by atoms with Gasteiger partial charge in [0, 0.05) is 12.0 Å². The Labute approximate surface area is 97.0 Å². The van der Waals surface area contributed by atoms with Crippen molar-refractivity contribution in [2.24, 2.45) is 5.73 Å². The number of rotatable bonds is 4. The molecule has 0 saturated heterocycles. The Morgan fingerprint density at radius 3 is 2.47 bits per heavy atom. The first-order valence-corrected chi connectivity index (χ1v) is 4.99. The molecule has 2 atom stereocenters. The van der Waals surface area contributed by atoms with Gasteiger partial charge in [-0.15, -0.1) is 0 Å². The summed E-state index contributed by atoms with van der Waals surface area (Å²) >= 11 is 0. The molecule has 0 spiro atoms. The molecule has 3 N–H and O–H groups in total. The second-order valence-electron chi connectivity index (χ2n) is 3.64. The van der Waals surface area contributed by atoms with Gasteiger partial charge in [0.25, 0.3) is 0 Å². The number of benzene rings is 1. The summed E-state index contributed by atoms with van der Waals surface area (Å²) in [6.07, 6.45) is -6.41. The van der Waals surface area contributed by atoms with Crippen LogP contribution in [0.4, 0.5) is 13.2 Å². The molecular weight excluding hydrogens is 235 g/mol. The number of ether oxygens (including phenoxy) is 1. The predicted octanol–water partition coefficient (Wildman–Crippen LogP) is 2.01. The normalized spacial score (nSPS) is 15.4. The highest BCUT2D eigenvalue weighted by molar-refractivity contribution is 5.35. The van der Waals surface area contributed by atoms with E-state index < -0.39 is 24.7 Å². The zero-order valence-corrected chi connectivity index (χ0v) is 9.24. The lowest BCUT2D eigenvalue weighted by Gasteiger charge is -2.20. The molecule has 1 aromatic carbocycles. The third-order valence-electron chi connectivity index (χ3n) is 2.40. The van der Waals surface area contributed by atoms with Gasteiger partial charge in [-0.2, -0.15) is 13.2 Å². The van der Waals surface area contributed by atoms with Crippen molar-refractivity contribution < 1.29 is 23.0 Å². The molecule has 1 rings (SSSR count). The number of hydrogen-bond acceptors (Lipinski definition) is 3. The van der Waals surface area contributed by atoms with Crippen LogP contribution in [0.25, 0.3) is 0 Å². The standard InChI is InChI=1S/C11H14F3NO2/c1-17-9-5-3-2-4-7(9)8(16)6-10(15)11(12,13)14/h2-5,8,10,16H,6,15H2,1H3/t8-,10-/m1/s1. The molecule has 0 bridgehead atoms. The van der Waals surface area contributed by atoms with Crippen molar-refractivity contribution in [3.8, 4) is 5.75 Å². The predicted molar refractivity (Wildman–Crippen MR) is 56.6 cm³/mol. The van der Waals surface area contributed by atoms with Crippen molar-refractivity contribution in [3.63, 3.8) is 0 Å². The molecule has 0 aliphatic heterocycles. The van der Waals surface area contributed by atoms with Gasteiger partial charge in [0.15, 0.2) is 0 Å². The largest absolute Gasteiger partial charge is 0.496 e. The first-order chi connectivity index (χ1) is 7.86. The minimum atomic E-state index is -4.51. The zero-order valence-electron chi connectivity index (χ0n) is 9.24. The summed E-state index contributed by atoms with van der Waals surface area (Å²) in [6.45, 7) is 0. The molecular formula is C11H14F3NO2. The second-order valence-corrected chi connectivity index (χ2v) is 3.64. The molecule has 0 aromatic heterocycles. The summed E-state index contributed by atoms with van der Waals surface area (Å²) in [7, 11) is 1.38. The van der Waals surface area contributed by atoms with Gasteiger partial charge in [0.2, 0.25) is 0 Å². The number of para-hydroxylation sites is 1. The molecule has 0 amide bonds. The van der Waals surface area contributed by atoms with Gasteiger partial charge in [0.1, 0.15) is 11.8 Å². The molecule has 0 fully saturated rings. The highest BCUT2D eigenvalue weighted by Crippen LogP contribution is 2.31. The Hall–Kier alpha value is -1.27.